The van der Waals surface area contributed by atoms with E-state index >= 15 is 0 Å². The van der Waals surface area contributed by atoms with Crippen LogP contribution in [0.3, 0.4) is 0 Å². The quantitative estimate of drug-likeness (QED) is 0.861. The monoisotopic (exact) mass is 314 g/mol. The van der Waals surface area contributed by atoms with Crippen molar-refractivity contribution in [2.75, 3.05) is 11.9 Å². The highest BCUT2D eigenvalue weighted by molar-refractivity contribution is 5.95. The number of halogens is 1. The van der Waals surface area contributed by atoms with Crippen LogP contribution in [0.2, 0.25) is 0 Å². The Balaban J connectivity index is 1.89. The molecule has 0 saturated carbocycles. The van der Waals surface area contributed by atoms with Crippen LogP contribution in [-0.2, 0) is 9.59 Å². The molecule has 5 heteroatoms. The number of carbonyl (C=O) groups excluding carboxylic acids is 2. The molecule has 1 atom stereocenters. The molecule has 120 valence electrons. The number of rotatable bonds is 6. The smallest absolute Gasteiger partial charge is 0.243 e. The van der Waals surface area contributed by atoms with Gasteiger partial charge in [-0.1, -0.05) is 37.3 Å². The molecule has 2 aromatic carbocycles. The minimum absolute atomic E-state index is 0.106. The van der Waals surface area contributed by atoms with Crippen LogP contribution < -0.4 is 10.6 Å². The van der Waals surface area contributed by atoms with Crippen LogP contribution in [0.4, 0.5) is 10.1 Å². The van der Waals surface area contributed by atoms with Gasteiger partial charge in [0.25, 0.3) is 0 Å². The molecule has 0 spiro atoms. The molecule has 0 heterocycles. The average molecular weight is 314 g/mol. The SMILES string of the molecule is CCC(C(=O)NCC(=O)Nc1ccccc1)c1ccc(F)cc1. The van der Waals surface area contributed by atoms with Crippen molar-refractivity contribution in [2.45, 2.75) is 19.3 Å². The van der Waals surface area contributed by atoms with E-state index in [0.717, 1.165) is 5.56 Å². The predicted molar refractivity (Wildman–Crippen MR) is 87.5 cm³/mol. The number of carbonyl (C=O) groups is 2. The maximum atomic E-state index is 13.0. The van der Waals surface area contributed by atoms with Crippen LogP contribution >= 0.6 is 0 Å². The summed E-state index contributed by atoms with van der Waals surface area (Å²) >= 11 is 0. The van der Waals surface area contributed by atoms with E-state index in [2.05, 4.69) is 10.6 Å². The molecule has 4 nitrogen and oxygen atoms in total. The first kappa shape index (κ1) is 16.7. The van der Waals surface area contributed by atoms with Crippen molar-refractivity contribution in [3.63, 3.8) is 0 Å². The Hall–Kier alpha value is -2.69. The molecule has 0 radical (unpaired) electrons. The molecule has 0 aromatic heterocycles. The Morgan fingerprint density at radius 3 is 2.30 bits per heavy atom. The molecule has 0 fully saturated rings. The third-order valence-electron chi connectivity index (χ3n) is 3.48. The lowest BCUT2D eigenvalue weighted by molar-refractivity contribution is -0.125. The first-order valence-corrected chi connectivity index (χ1v) is 7.48. The lowest BCUT2D eigenvalue weighted by Gasteiger charge is -2.15. The van der Waals surface area contributed by atoms with E-state index < -0.39 is 5.92 Å². The topological polar surface area (TPSA) is 58.2 Å². The summed E-state index contributed by atoms with van der Waals surface area (Å²) in [6, 6.07) is 14.9. The Labute approximate surface area is 134 Å². The number of hydrogen-bond acceptors (Lipinski definition) is 2. The third kappa shape index (κ3) is 4.92. The normalized spacial score (nSPS) is 11.6. The summed E-state index contributed by atoms with van der Waals surface area (Å²) in [5.41, 5.74) is 1.41. The van der Waals surface area contributed by atoms with Gasteiger partial charge in [-0.2, -0.15) is 0 Å². The van der Waals surface area contributed by atoms with E-state index in [9.17, 15) is 14.0 Å². The van der Waals surface area contributed by atoms with Crippen LogP contribution in [-0.4, -0.2) is 18.4 Å². The Kier molecular flexibility index (Phi) is 5.86. The molecule has 1 unspecified atom stereocenters. The van der Waals surface area contributed by atoms with E-state index in [1.807, 2.05) is 25.1 Å². The van der Waals surface area contributed by atoms with Crippen molar-refractivity contribution in [1.29, 1.82) is 0 Å². The molecule has 23 heavy (non-hydrogen) atoms. The number of amides is 2. The molecule has 2 amide bonds. The second-order valence-corrected chi connectivity index (χ2v) is 5.14. The van der Waals surface area contributed by atoms with E-state index in [1.165, 1.54) is 12.1 Å². The number of anilines is 1. The summed E-state index contributed by atoms with van der Waals surface area (Å²) in [4.78, 5) is 24.1. The third-order valence-corrected chi connectivity index (χ3v) is 3.48. The summed E-state index contributed by atoms with van der Waals surface area (Å²) < 4.78 is 13.0. The van der Waals surface area contributed by atoms with Gasteiger partial charge in [0.2, 0.25) is 11.8 Å². The highest BCUT2D eigenvalue weighted by atomic mass is 19.1. The van der Waals surface area contributed by atoms with Crippen LogP contribution in [0, 0.1) is 5.82 Å². The van der Waals surface area contributed by atoms with Gasteiger partial charge in [0.1, 0.15) is 5.82 Å². The molecule has 2 rings (SSSR count). The van der Waals surface area contributed by atoms with E-state index in [1.54, 1.807) is 24.3 Å². The fourth-order valence-corrected chi connectivity index (χ4v) is 2.28. The van der Waals surface area contributed by atoms with Crippen molar-refractivity contribution < 1.29 is 14.0 Å². The number of para-hydroxylation sites is 1. The molecule has 0 aliphatic carbocycles. The largest absolute Gasteiger partial charge is 0.346 e. The van der Waals surface area contributed by atoms with Gasteiger partial charge in [0.15, 0.2) is 0 Å². The second-order valence-electron chi connectivity index (χ2n) is 5.14. The molecule has 0 aliphatic heterocycles. The zero-order valence-corrected chi connectivity index (χ0v) is 12.9. The van der Waals surface area contributed by atoms with Gasteiger partial charge in [0.05, 0.1) is 12.5 Å². The van der Waals surface area contributed by atoms with Gasteiger partial charge < -0.3 is 10.6 Å². The van der Waals surface area contributed by atoms with Crippen molar-refractivity contribution in [2.24, 2.45) is 0 Å². The van der Waals surface area contributed by atoms with E-state index in [4.69, 9.17) is 0 Å². The van der Waals surface area contributed by atoms with E-state index in [0.29, 0.717) is 12.1 Å². The first-order chi connectivity index (χ1) is 11.1. The maximum absolute atomic E-state index is 13.0. The van der Waals surface area contributed by atoms with Crippen LogP contribution in [0.5, 0.6) is 0 Å². The lowest BCUT2D eigenvalue weighted by atomic mass is 9.95. The fraction of sp³-hybridized carbons (Fsp3) is 0.222. The van der Waals surface area contributed by atoms with Crippen molar-refractivity contribution in [3.8, 4) is 0 Å². The minimum Gasteiger partial charge on any atom is -0.346 e. The van der Waals surface area contributed by atoms with Gasteiger partial charge >= 0.3 is 0 Å². The molecule has 0 aliphatic rings. The average Bonchev–Trinajstić information content (AvgIpc) is 2.56. The van der Waals surface area contributed by atoms with Crippen LogP contribution in [0.15, 0.2) is 54.6 Å². The fourth-order valence-electron chi connectivity index (χ4n) is 2.28. The van der Waals surface area contributed by atoms with Gasteiger partial charge in [-0.25, -0.2) is 4.39 Å². The first-order valence-electron chi connectivity index (χ1n) is 7.48. The summed E-state index contributed by atoms with van der Waals surface area (Å²) in [5, 5.41) is 5.32. The van der Waals surface area contributed by atoms with Crippen LogP contribution in [0.1, 0.15) is 24.8 Å². The Morgan fingerprint density at radius 1 is 1.04 bits per heavy atom. The zero-order valence-electron chi connectivity index (χ0n) is 12.9. The zero-order chi connectivity index (χ0) is 16.7. The Morgan fingerprint density at radius 2 is 1.70 bits per heavy atom. The van der Waals surface area contributed by atoms with Gasteiger partial charge in [-0.3, -0.25) is 9.59 Å². The summed E-state index contributed by atoms with van der Waals surface area (Å²) in [7, 11) is 0. The van der Waals surface area contributed by atoms with Crippen molar-refractivity contribution in [3.05, 3.63) is 66.0 Å². The second kappa shape index (κ2) is 8.08. The number of hydrogen-bond donors (Lipinski definition) is 2. The Bertz CT molecular complexity index is 656. The van der Waals surface area contributed by atoms with Crippen LogP contribution in [0.25, 0.3) is 0 Å². The van der Waals surface area contributed by atoms with Gasteiger partial charge in [-0.15, -0.1) is 0 Å². The molecule has 2 aromatic rings. The number of nitrogens with one attached hydrogen (secondary N) is 2. The van der Waals surface area contributed by atoms with Crippen molar-refractivity contribution in [1.82, 2.24) is 5.32 Å². The molecule has 0 saturated heterocycles. The molecule has 2 N–H and O–H groups in total. The molecule has 0 bridgehead atoms. The predicted octanol–water partition coefficient (Wildman–Crippen LogP) is 3.07. The standard InChI is InChI=1S/C18H19FN2O2/c1-2-16(13-8-10-14(19)11-9-13)18(23)20-12-17(22)21-15-6-4-3-5-7-15/h3-11,16H,2,12H2,1H3,(H,20,23)(H,21,22). The van der Waals surface area contributed by atoms with Gasteiger partial charge in [0, 0.05) is 5.69 Å². The maximum Gasteiger partial charge on any atom is 0.243 e. The summed E-state index contributed by atoms with van der Waals surface area (Å²) in [6.07, 6.45) is 0.567. The lowest BCUT2D eigenvalue weighted by Crippen LogP contribution is -2.35. The van der Waals surface area contributed by atoms with E-state index in [-0.39, 0.29) is 24.2 Å². The highest BCUT2D eigenvalue weighted by Crippen LogP contribution is 2.19. The summed E-state index contributed by atoms with van der Waals surface area (Å²) in [6.45, 7) is 1.77. The number of benzene rings is 2. The van der Waals surface area contributed by atoms with Crippen molar-refractivity contribution >= 4 is 17.5 Å². The highest BCUT2D eigenvalue weighted by Gasteiger charge is 2.19. The molecular formula is C18H19FN2O2. The summed E-state index contributed by atoms with van der Waals surface area (Å²) in [5.74, 6) is -1.28. The van der Waals surface area contributed by atoms with Gasteiger partial charge in [-0.05, 0) is 36.2 Å². The molecular weight excluding hydrogens is 295 g/mol. The minimum atomic E-state index is -0.403.